The van der Waals surface area contributed by atoms with Crippen LogP contribution in [0.5, 0.6) is 5.75 Å². The van der Waals surface area contributed by atoms with Crippen LogP contribution in [-0.2, 0) is 4.79 Å². The molecular formula is C13H17NO3. The van der Waals surface area contributed by atoms with Crippen LogP contribution in [0.15, 0.2) is 18.2 Å². The van der Waals surface area contributed by atoms with Gasteiger partial charge in [-0.05, 0) is 37.0 Å². The molecule has 1 heterocycles. The van der Waals surface area contributed by atoms with E-state index in [2.05, 4.69) is 11.4 Å². The average molecular weight is 235 g/mol. The van der Waals surface area contributed by atoms with Crippen molar-refractivity contribution in [1.29, 1.82) is 0 Å². The molecule has 0 aromatic heterocycles. The number of carboxylic acids is 1. The van der Waals surface area contributed by atoms with E-state index in [4.69, 9.17) is 9.84 Å². The predicted octanol–water partition coefficient (Wildman–Crippen LogP) is 1.88. The van der Waals surface area contributed by atoms with E-state index in [1.54, 1.807) is 7.11 Å². The van der Waals surface area contributed by atoms with Crippen LogP contribution in [-0.4, -0.2) is 24.2 Å². The maximum Gasteiger partial charge on any atom is 0.320 e. The Morgan fingerprint density at radius 2 is 2.24 bits per heavy atom. The molecule has 0 amide bonds. The molecule has 4 heteroatoms. The molecule has 0 radical (unpaired) electrons. The third kappa shape index (κ3) is 2.42. The van der Waals surface area contributed by atoms with Crippen molar-refractivity contribution in [1.82, 2.24) is 5.32 Å². The number of carboxylic acid groups (broad SMARTS) is 1. The van der Waals surface area contributed by atoms with Gasteiger partial charge in [0.05, 0.1) is 7.11 Å². The number of hydrogen-bond acceptors (Lipinski definition) is 3. The van der Waals surface area contributed by atoms with Gasteiger partial charge in [-0.2, -0.15) is 0 Å². The summed E-state index contributed by atoms with van der Waals surface area (Å²) in [6, 6.07) is 5.71. The van der Waals surface area contributed by atoms with Crippen molar-refractivity contribution in [3.05, 3.63) is 29.3 Å². The SMILES string of the molecule is COc1ccc(C2CCC(C(=O)O)N2)cc1C. The smallest absolute Gasteiger partial charge is 0.320 e. The molecule has 1 aliphatic rings. The van der Waals surface area contributed by atoms with Crippen molar-refractivity contribution in [2.45, 2.75) is 31.8 Å². The predicted molar refractivity (Wildman–Crippen MR) is 64.3 cm³/mol. The molecule has 4 nitrogen and oxygen atoms in total. The number of carbonyl (C=O) groups is 1. The number of hydrogen-bond donors (Lipinski definition) is 2. The zero-order valence-electron chi connectivity index (χ0n) is 10.1. The van der Waals surface area contributed by atoms with E-state index >= 15 is 0 Å². The summed E-state index contributed by atoms with van der Waals surface area (Å²) < 4.78 is 5.21. The molecule has 0 saturated carbocycles. The topological polar surface area (TPSA) is 58.6 Å². The summed E-state index contributed by atoms with van der Waals surface area (Å²) in [6.07, 6.45) is 1.55. The highest BCUT2D eigenvalue weighted by Crippen LogP contribution is 2.29. The van der Waals surface area contributed by atoms with Crippen LogP contribution in [0.2, 0.25) is 0 Å². The van der Waals surface area contributed by atoms with Gasteiger partial charge in [0.25, 0.3) is 0 Å². The Kier molecular flexibility index (Phi) is 3.33. The standard InChI is InChI=1S/C13H17NO3/c1-8-7-9(3-6-12(8)17-2)10-4-5-11(14-10)13(15)16/h3,6-7,10-11,14H,4-5H2,1-2H3,(H,15,16). The van der Waals surface area contributed by atoms with E-state index in [0.717, 1.165) is 23.3 Å². The van der Waals surface area contributed by atoms with Gasteiger partial charge >= 0.3 is 5.97 Å². The van der Waals surface area contributed by atoms with Crippen molar-refractivity contribution in [2.75, 3.05) is 7.11 Å². The van der Waals surface area contributed by atoms with Crippen LogP contribution in [0.4, 0.5) is 0 Å². The highest BCUT2D eigenvalue weighted by atomic mass is 16.5. The second-order valence-corrected chi connectivity index (χ2v) is 4.42. The monoisotopic (exact) mass is 235 g/mol. The molecule has 1 aliphatic heterocycles. The minimum Gasteiger partial charge on any atom is -0.496 e. The lowest BCUT2D eigenvalue weighted by atomic mass is 10.0. The highest BCUT2D eigenvalue weighted by molar-refractivity contribution is 5.74. The lowest BCUT2D eigenvalue weighted by molar-refractivity contribution is -0.139. The summed E-state index contributed by atoms with van der Waals surface area (Å²) in [5, 5.41) is 12.1. The number of ether oxygens (including phenoxy) is 1. The second kappa shape index (κ2) is 4.75. The van der Waals surface area contributed by atoms with Crippen molar-refractivity contribution < 1.29 is 14.6 Å². The minimum atomic E-state index is -0.766. The molecule has 0 spiro atoms. The molecule has 1 aromatic rings. The van der Waals surface area contributed by atoms with Crippen molar-refractivity contribution in [3.8, 4) is 5.75 Å². The molecule has 92 valence electrons. The Labute approximate surface area is 101 Å². The molecule has 17 heavy (non-hydrogen) atoms. The molecule has 1 aromatic carbocycles. The van der Waals surface area contributed by atoms with Gasteiger partial charge in [0.1, 0.15) is 11.8 Å². The third-order valence-corrected chi connectivity index (χ3v) is 3.27. The Morgan fingerprint density at radius 1 is 1.47 bits per heavy atom. The molecule has 0 aliphatic carbocycles. The van der Waals surface area contributed by atoms with Gasteiger partial charge in [0, 0.05) is 6.04 Å². The maximum atomic E-state index is 10.9. The molecule has 0 bridgehead atoms. The molecule has 1 fully saturated rings. The molecule has 2 atom stereocenters. The summed E-state index contributed by atoms with van der Waals surface area (Å²) in [5.74, 6) is 0.0965. The van der Waals surface area contributed by atoms with Crippen LogP contribution in [0.1, 0.15) is 30.0 Å². The lowest BCUT2D eigenvalue weighted by Crippen LogP contribution is -2.31. The van der Waals surface area contributed by atoms with E-state index in [9.17, 15) is 4.79 Å². The van der Waals surface area contributed by atoms with Crippen LogP contribution < -0.4 is 10.1 Å². The van der Waals surface area contributed by atoms with Gasteiger partial charge in [0.15, 0.2) is 0 Å². The van der Waals surface area contributed by atoms with Crippen LogP contribution in [0.3, 0.4) is 0 Å². The first-order valence-corrected chi connectivity index (χ1v) is 5.75. The third-order valence-electron chi connectivity index (χ3n) is 3.27. The minimum absolute atomic E-state index is 0.140. The van der Waals surface area contributed by atoms with E-state index < -0.39 is 12.0 Å². The van der Waals surface area contributed by atoms with Crippen molar-refractivity contribution in [2.24, 2.45) is 0 Å². The van der Waals surface area contributed by atoms with Crippen molar-refractivity contribution in [3.63, 3.8) is 0 Å². The van der Waals surface area contributed by atoms with Gasteiger partial charge in [-0.25, -0.2) is 0 Å². The summed E-state index contributed by atoms with van der Waals surface area (Å²) >= 11 is 0. The maximum absolute atomic E-state index is 10.9. The largest absolute Gasteiger partial charge is 0.496 e. The Balaban J connectivity index is 2.14. The van der Waals surface area contributed by atoms with E-state index in [1.807, 2.05) is 19.1 Å². The Morgan fingerprint density at radius 3 is 2.76 bits per heavy atom. The number of aliphatic carboxylic acids is 1. The van der Waals surface area contributed by atoms with Gasteiger partial charge in [-0.3, -0.25) is 10.1 Å². The Bertz CT molecular complexity index is 431. The fourth-order valence-corrected chi connectivity index (χ4v) is 2.32. The first kappa shape index (κ1) is 11.9. The number of rotatable bonds is 3. The van der Waals surface area contributed by atoms with E-state index in [0.29, 0.717) is 6.42 Å². The molecule has 2 rings (SSSR count). The fourth-order valence-electron chi connectivity index (χ4n) is 2.32. The molecule has 2 N–H and O–H groups in total. The van der Waals surface area contributed by atoms with Gasteiger partial charge in [-0.1, -0.05) is 12.1 Å². The first-order valence-electron chi connectivity index (χ1n) is 5.75. The summed E-state index contributed by atoms with van der Waals surface area (Å²) in [5.41, 5.74) is 2.21. The average Bonchev–Trinajstić information content (AvgIpc) is 2.78. The number of benzene rings is 1. The van der Waals surface area contributed by atoms with Crippen LogP contribution in [0.25, 0.3) is 0 Å². The lowest BCUT2D eigenvalue weighted by Gasteiger charge is -2.14. The zero-order chi connectivity index (χ0) is 12.4. The fraction of sp³-hybridized carbons (Fsp3) is 0.462. The van der Waals surface area contributed by atoms with Gasteiger partial charge in [-0.15, -0.1) is 0 Å². The van der Waals surface area contributed by atoms with E-state index in [1.165, 1.54) is 0 Å². The second-order valence-electron chi connectivity index (χ2n) is 4.42. The number of methoxy groups -OCH3 is 1. The summed E-state index contributed by atoms with van der Waals surface area (Å²) in [6.45, 7) is 1.99. The molecule has 2 unspecified atom stereocenters. The quantitative estimate of drug-likeness (QED) is 0.839. The number of aryl methyl sites for hydroxylation is 1. The normalized spacial score (nSPS) is 23.6. The summed E-state index contributed by atoms with van der Waals surface area (Å²) in [4.78, 5) is 10.9. The van der Waals surface area contributed by atoms with Crippen molar-refractivity contribution >= 4 is 5.97 Å². The Hall–Kier alpha value is -1.55. The van der Waals surface area contributed by atoms with Gasteiger partial charge in [0.2, 0.25) is 0 Å². The molecular weight excluding hydrogens is 218 g/mol. The van der Waals surface area contributed by atoms with Gasteiger partial charge < -0.3 is 9.84 Å². The summed E-state index contributed by atoms with van der Waals surface area (Å²) in [7, 11) is 1.65. The number of nitrogens with one attached hydrogen (secondary N) is 1. The first-order chi connectivity index (χ1) is 8.11. The molecule has 1 saturated heterocycles. The zero-order valence-corrected chi connectivity index (χ0v) is 10.1. The van der Waals surface area contributed by atoms with Crippen LogP contribution >= 0.6 is 0 Å². The van der Waals surface area contributed by atoms with E-state index in [-0.39, 0.29) is 6.04 Å². The van der Waals surface area contributed by atoms with Crippen LogP contribution in [0, 0.1) is 6.92 Å². The highest BCUT2D eigenvalue weighted by Gasteiger charge is 2.29.